The lowest BCUT2D eigenvalue weighted by atomic mass is 9.74. The van der Waals surface area contributed by atoms with Gasteiger partial charge in [-0.05, 0) is 55.4 Å². The topological polar surface area (TPSA) is 9.23 Å². The van der Waals surface area contributed by atoms with Crippen LogP contribution in [0.4, 0.5) is 13.2 Å². The zero-order valence-electron chi connectivity index (χ0n) is 16.3. The molecule has 1 nitrogen and oxygen atoms in total. The molecule has 0 aliphatic rings. The van der Waals surface area contributed by atoms with Crippen molar-refractivity contribution >= 4 is 6.08 Å². The number of terminal acetylenes is 1. The van der Waals surface area contributed by atoms with Gasteiger partial charge in [0.25, 0.3) is 0 Å². The van der Waals surface area contributed by atoms with Crippen LogP contribution >= 0.6 is 0 Å². The van der Waals surface area contributed by atoms with Crippen molar-refractivity contribution in [2.75, 3.05) is 7.11 Å². The van der Waals surface area contributed by atoms with E-state index in [1.807, 2.05) is 26.0 Å². The van der Waals surface area contributed by atoms with Gasteiger partial charge < -0.3 is 4.74 Å². The molecule has 0 fully saturated rings. The predicted octanol–water partition coefficient (Wildman–Crippen LogP) is 6.69. The molecule has 0 N–H and O–H groups in total. The summed E-state index contributed by atoms with van der Waals surface area (Å²) in [5.74, 6) is 2.38. The molecule has 0 saturated carbocycles. The molecule has 0 spiro atoms. The molecule has 1 rings (SSSR count). The minimum atomic E-state index is -4.56. The van der Waals surface area contributed by atoms with Gasteiger partial charge in [0.15, 0.2) is 5.41 Å². The van der Waals surface area contributed by atoms with Crippen molar-refractivity contribution in [1.82, 2.24) is 0 Å². The highest BCUT2D eigenvalue weighted by Gasteiger charge is 2.56. The van der Waals surface area contributed by atoms with Gasteiger partial charge in [0.2, 0.25) is 0 Å². The lowest BCUT2D eigenvalue weighted by Crippen LogP contribution is -2.41. The van der Waals surface area contributed by atoms with E-state index in [1.165, 1.54) is 13.2 Å². The minimum absolute atomic E-state index is 0.0285. The van der Waals surface area contributed by atoms with Crippen molar-refractivity contribution in [1.29, 1.82) is 0 Å². The van der Waals surface area contributed by atoms with Crippen LogP contribution < -0.4 is 4.74 Å². The first-order chi connectivity index (χ1) is 12.1. The first kappa shape index (κ1) is 22.2. The number of hydrogen-bond donors (Lipinski definition) is 0. The highest BCUT2D eigenvalue weighted by atomic mass is 19.4. The van der Waals surface area contributed by atoms with E-state index in [2.05, 4.69) is 12.8 Å². The summed E-state index contributed by atoms with van der Waals surface area (Å²) in [5.41, 5.74) is -0.725. The van der Waals surface area contributed by atoms with E-state index in [0.717, 1.165) is 24.0 Å². The first-order valence-corrected chi connectivity index (χ1v) is 9.03. The van der Waals surface area contributed by atoms with E-state index in [-0.39, 0.29) is 23.7 Å². The van der Waals surface area contributed by atoms with Crippen LogP contribution in [-0.4, -0.2) is 13.3 Å². The summed E-state index contributed by atoms with van der Waals surface area (Å²) >= 11 is 0. The molecule has 26 heavy (non-hydrogen) atoms. The average molecular weight is 366 g/mol. The Balaban J connectivity index is 3.56. The van der Waals surface area contributed by atoms with Crippen molar-refractivity contribution < 1.29 is 17.9 Å². The van der Waals surface area contributed by atoms with Crippen LogP contribution in [0.5, 0.6) is 5.75 Å². The number of halogens is 3. The molecular formula is C22H29F3O. The van der Waals surface area contributed by atoms with E-state index in [9.17, 15) is 13.2 Å². The molecule has 0 bridgehead atoms. The number of ether oxygens (including phenoxy) is 1. The average Bonchev–Trinajstić information content (AvgIpc) is 2.56. The molecule has 144 valence electrons. The van der Waals surface area contributed by atoms with E-state index >= 15 is 0 Å². The standard InChI is InChI=1S/C22H29F3O/c1-7-9-10-11-18-15-20(26-6)19(14-17(18)5)21(8-2,22(23,24)25)13-12-16(3)4/h2,10-11,14-16H,7,9,12-13H2,1,3-6H3/b11-10+. The highest BCUT2D eigenvalue weighted by molar-refractivity contribution is 5.60. The Bertz CT molecular complexity index is 665. The number of alkyl halides is 3. The number of allylic oxidation sites excluding steroid dienone is 1. The molecule has 0 heterocycles. The molecule has 0 saturated heterocycles. The van der Waals surface area contributed by atoms with Crippen LogP contribution in [0.25, 0.3) is 6.08 Å². The van der Waals surface area contributed by atoms with Gasteiger partial charge in [0.1, 0.15) is 5.75 Å². The molecule has 0 radical (unpaired) electrons. The zero-order valence-corrected chi connectivity index (χ0v) is 16.3. The maximum absolute atomic E-state index is 14.1. The molecule has 0 aliphatic carbocycles. The smallest absolute Gasteiger partial charge is 0.409 e. The fraction of sp³-hybridized carbons (Fsp3) is 0.545. The number of aryl methyl sites for hydroxylation is 1. The Morgan fingerprint density at radius 2 is 1.92 bits per heavy atom. The van der Waals surface area contributed by atoms with Gasteiger partial charge in [-0.3, -0.25) is 0 Å². The minimum Gasteiger partial charge on any atom is -0.496 e. The fourth-order valence-corrected chi connectivity index (χ4v) is 2.93. The molecule has 4 heteroatoms. The summed E-state index contributed by atoms with van der Waals surface area (Å²) in [6.45, 7) is 7.65. The Hall–Kier alpha value is -1.89. The van der Waals surface area contributed by atoms with Crippen molar-refractivity contribution in [3.8, 4) is 18.1 Å². The SMILES string of the molecule is C#CC(CCC(C)C)(c1cc(C)c(/C=C/CCC)cc1OC)C(F)(F)F. The van der Waals surface area contributed by atoms with Crippen LogP contribution in [0.15, 0.2) is 18.2 Å². The van der Waals surface area contributed by atoms with Gasteiger partial charge in [0, 0.05) is 5.56 Å². The normalized spacial score (nSPS) is 14.5. The van der Waals surface area contributed by atoms with Gasteiger partial charge in [0.05, 0.1) is 7.11 Å². The summed E-state index contributed by atoms with van der Waals surface area (Å²) in [5, 5.41) is 0. The second kappa shape index (κ2) is 9.16. The van der Waals surface area contributed by atoms with Crippen LogP contribution in [0.2, 0.25) is 0 Å². The lowest BCUT2D eigenvalue weighted by molar-refractivity contribution is -0.175. The molecule has 1 atom stereocenters. The molecule has 1 unspecified atom stereocenters. The maximum Gasteiger partial charge on any atom is 0.409 e. The van der Waals surface area contributed by atoms with Crippen LogP contribution in [-0.2, 0) is 5.41 Å². The number of methoxy groups -OCH3 is 1. The second-order valence-corrected chi connectivity index (χ2v) is 7.08. The van der Waals surface area contributed by atoms with Crippen LogP contribution in [0, 0.1) is 25.2 Å². The van der Waals surface area contributed by atoms with Gasteiger partial charge in [-0.15, -0.1) is 6.42 Å². The highest BCUT2D eigenvalue weighted by Crippen LogP contribution is 2.48. The number of unbranched alkanes of at least 4 members (excludes halogenated alkanes) is 1. The van der Waals surface area contributed by atoms with Crippen LogP contribution in [0.3, 0.4) is 0 Å². The molecule has 1 aromatic carbocycles. The van der Waals surface area contributed by atoms with Crippen molar-refractivity contribution in [2.45, 2.75) is 65.0 Å². The summed E-state index contributed by atoms with van der Waals surface area (Å²) in [6, 6.07) is 3.20. The number of hydrogen-bond acceptors (Lipinski definition) is 1. The van der Waals surface area contributed by atoms with E-state index in [4.69, 9.17) is 11.2 Å². The second-order valence-electron chi connectivity index (χ2n) is 7.08. The van der Waals surface area contributed by atoms with E-state index in [1.54, 1.807) is 13.0 Å². The lowest BCUT2D eigenvalue weighted by Gasteiger charge is -2.33. The molecule has 0 amide bonds. The Morgan fingerprint density at radius 3 is 2.38 bits per heavy atom. The monoisotopic (exact) mass is 366 g/mol. The van der Waals surface area contributed by atoms with E-state index in [0.29, 0.717) is 6.42 Å². The molecule has 1 aromatic rings. The Morgan fingerprint density at radius 1 is 1.27 bits per heavy atom. The fourth-order valence-electron chi connectivity index (χ4n) is 2.93. The third kappa shape index (κ3) is 4.84. The molecule has 0 aliphatic heterocycles. The quantitative estimate of drug-likeness (QED) is 0.466. The predicted molar refractivity (Wildman–Crippen MR) is 102 cm³/mol. The Labute approximate surface area is 155 Å². The summed E-state index contributed by atoms with van der Waals surface area (Å²) < 4.78 is 47.6. The van der Waals surface area contributed by atoms with Crippen molar-refractivity contribution in [3.63, 3.8) is 0 Å². The number of benzene rings is 1. The van der Waals surface area contributed by atoms with Crippen molar-refractivity contribution in [3.05, 3.63) is 34.9 Å². The van der Waals surface area contributed by atoms with Gasteiger partial charge in [-0.2, -0.15) is 13.2 Å². The van der Waals surface area contributed by atoms with Gasteiger partial charge in [-0.1, -0.05) is 45.3 Å². The van der Waals surface area contributed by atoms with Crippen LogP contribution in [0.1, 0.15) is 63.1 Å². The largest absolute Gasteiger partial charge is 0.496 e. The number of rotatable bonds is 8. The van der Waals surface area contributed by atoms with Gasteiger partial charge >= 0.3 is 6.18 Å². The third-order valence-corrected chi connectivity index (χ3v) is 4.63. The summed E-state index contributed by atoms with van der Waals surface area (Å²) in [6.07, 6.45) is 6.99. The third-order valence-electron chi connectivity index (χ3n) is 4.63. The molecule has 0 aromatic heterocycles. The maximum atomic E-state index is 14.1. The van der Waals surface area contributed by atoms with Crippen molar-refractivity contribution in [2.24, 2.45) is 5.92 Å². The summed E-state index contributed by atoms with van der Waals surface area (Å²) in [4.78, 5) is 0. The zero-order chi connectivity index (χ0) is 20.0. The van der Waals surface area contributed by atoms with E-state index < -0.39 is 11.6 Å². The van der Waals surface area contributed by atoms with Gasteiger partial charge in [-0.25, -0.2) is 0 Å². The summed E-state index contributed by atoms with van der Waals surface area (Å²) in [7, 11) is 1.38. The molecular weight excluding hydrogens is 337 g/mol. The first-order valence-electron chi connectivity index (χ1n) is 9.03. The Kier molecular flexibility index (Phi) is 7.81.